The number of nitrogens with one attached hydrogen (secondary N) is 1. The number of aromatic carboxylic acids is 1. The molecule has 0 atom stereocenters. The summed E-state index contributed by atoms with van der Waals surface area (Å²) in [5.41, 5.74) is 4.14. The molecule has 1 aliphatic rings. The zero-order valence-electron chi connectivity index (χ0n) is 11.4. The van der Waals surface area contributed by atoms with Crippen molar-refractivity contribution in [2.75, 3.05) is 5.32 Å². The molecule has 2 aromatic rings. The molecule has 0 fully saturated rings. The van der Waals surface area contributed by atoms with Gasteiger partial charge in [-0.15, -0.1) is 0 Å². The normalized spacial score (nSPS) is 13.2. The number of furan rings is 1. The summed E-state index contributed by atoms with van der Waals surface area (Å²) in [5, 5.41) is 12.3. The number of carboxylic acid groups (broad SMARTS) is 1. The number of anilines is 1. The lowest BCUT2D eigenvalue weighted by Crippen LogP contribution is -1.99. The summed E-state index contributed by atoms with van der Waals surface area (Å²) in [6.45, 7) is 2.16. The average Bonchev–Trinajstić information content (AvgIpc) is 3.01. The second-order valence-electron chi connectivity index (χ2n) is 5.18. The molecule has 20 heavy (non-hydrogen) atoms. The predicted octanol–water partition coefficient (Wildman–Crippen LogP) is 3.39. The van der Waals surface area contributed by atoms with Gasteiger partial charge in [0.25, 0.3) is 0 Å². The molecule has 104 valence electrons. The van der Waals surface area contributed by atoms with E-state index < -0.39 is 5.97 Å². The van der Waals surface area contributed by atoms with Crippen LogP contribution in [0.2, 0.25) is 0 Å². The van der Waals surface area contributed by atoms with Crippen LogP contribution in [-0.4, -0.2) is 11.1 Å². The van der Waals surface area contributed by atoms with Gasteiger partial charge in [-0.1, -0.05) is 6.07 Å². The van der Waals surface area contributed by atoms with E-state index in [1.807, 2.05) is 0 Å². The van der Waals surface area contributed by atoms with Gasteiger partial charge in [-0.05, 0) is 55.5 Å². The monoisotopic (exact) mass is 271 g/mol. The van der Waals surface area contributed by atoms with Gasteiger partial charge >= 0.3 is 5.97 Å². The number of hydrogen-bond acceptors (Lipinski definition) is 3. The van der Waals surface area contributed by atoms with Gasteiger partial charge < -0.3 is 14.8 Å². The quantitative estimate of drug-likeness (QED) is 0.894. The molecule has 0 unspecified atom stereocenters. The average molecular weight is 271 g/mol. The van der Waals surface area contributed by atoms with Gasteiger partial charge in [-0.25, -0.2) is 4.79 Å². The Labute approximate surface area is 117 Å². The Morgan fingerprint density at radius 2 is 2.10 bits per heavy atom. The van der Waals surface area contributed by atoms with Gasteiger partial charge in [0.05, 0.1) is 6.54 Å². The molecule has 1 aromatic carbocycles. The Morgan fingerprint density at radius 1 is 1.30 bits per heavy atom. The minimum atomic E-state index is -0.949. The van der Waals surface area contributed by atoms with Crippen molar-refractivity contribution in [3.05, 3.63) is 52.5 Å². The SMILES string of the molecule is Cc1oc(CNc2ccc3c(c2)CCC3)cc1C(=O)O. The highest BCUT2D eigenvalue weighted by atomic mass is 16.4. The fraction of sp³-hybridized carbons (Fsp3) is 0.312. The predicted molar refractivity (Wildman–Crippen MR) is 76.2 cm³/mol. The van der Waals surface area contributed by atoms with Gasteiger partial charge in [-0.3, -0.25) is 0 Å². The van der Waals surface area contributed by atoms with Gasteiger partial charge in [0, 0.05) is 5.69 Å². The van der Waals surface area contributed by atoms with Crippen LogP contribution in [0.4, 0.5) is 5.69 Å². The molecular weight excluding hydrogens is 254 g/mol. The van der Waals surface area contributed by atoms with E-state index in [-0.39, 0.29) is 5.56 Å². The maximum atomic E-state index is 11.0. The topological polar surface area (TPSA) is 62.5 Å². The summed E-state index contributed by atoms with van der Waals surface area (Å²) in [5.74, 6) is 0.138. The summed E-state index contributed by atoms with van der Waals surface area (Å²) >= 11 is 0. The molecule has 0 bridgehead atoms. The second-order valence-corrected chi connectivity index (χ2v) is 5.18. The minimum absolute atomic E-state index is 0.232. The second kappa shape index (κ2) is 5.04. The highest BCUT2D eigenvalue weighted by Crippen LogP contribution is 2.25. The summed E-state index contributed by atoms with van der Waals surface area (Å²) in [6, 6.07) is 7.99. The Kier molecular flexibility index (Phi) is 3.22. The molecule has 0 saturated heterocycles. The first-order valence-electron chi connectivity index (χ1n) is 6.82. The minimum Gasteiger partial charge on any atom is -0.478 e. The van der Waals surface area contributed by atoms with Gasteiger partial charge in [-0.2, -0.15) is 0 Å². The number of benzene rings is 1. The van der Waals surface area contributed by atoms with E-state index in [2.05, 4.69) is 23.5 Å². The molecule has 4 nitrogen and oxygen atoms in total. The van der Waals surface area contributed by atoms with Crippen LogP contribution in [0.1, 0.15) is 39.4 Å². The van der Waals surface area contributed by atoms with Crippen LogP contribution in [0.25, 0.3) is 0 Å². The van der Waals surface area contributed by atoms with Crippen LogP contribution < -0.4 is 5.32 Å². The summed E-state index contributed by atoms with van der Waals surface area (Å²) < 4.78 is 5.45. The molecule has 0 radical (unpaired) electrons. The van der Waals surface area contributed by atoms with E-state index in [4.69, 9.17) is 9.52 Å². The maximum Gasteiger partial charge on any atom is 0.339 e. The third-order valence-electron chi connectivity index (χ3n) is 3.76. The Morgan fingerprint density at radius 3 is 2.85 bits per heavy atom. The van der Waals surface area contributed by atoms with Crippen molar-refractivity contribution < 1.29 is 14.3 Å². The first kappa shape index (κ1) is 12.8. The van der Waals surface area contributed by atoms with E-state index in [1.54, 1.807) is 13.0 Å². The summed E-state index contributed by atoms with van der Waals surface area (Å²) in [4.78, 5) is 11.0. The first-order valence-corrected chi connectivity index (χ1v) is 6.82. The van der Waals surface area contributed by atoms with Gasteiger partial charge in [0.1, 0.15) is 17.1 Å². The molecule has 0 aliphatic heterocycles. The molecular formula is C16H17NO3. The van der Waals surface area contributed by atoms with Crippen LogP contribution in [0, 0.1) is 6.92 Å². The van der Waals surface area contributed by atoms with Crippen LogP contribution in [0.15, 0.2) is 28.7 Å². The van der Waals surface area contributed by atoms with Crippen molar-refractivity contribution in [2.24, 2.45) is 0 Å². The van der Waals surface area contributed by atoms with E-state index in [1.165, 1.54) is 24.0 Å². The highest BCUT2D eigenvalue weighted by Gasteiger charge is 2.14. The van der Waals surface area contributed by atoms with Crippen LogP contribution in [0.5, 0.6) is 0 Å². The number of rotatable bonds is 4. The zero-order valence-corrected chi connectivity index (χ0v) is 11.4. The summed E-state index contributed by atoms with van der Waals surface area (Å²) in [7, 11) is 0. The Balaban J connectivity index is 1.70. The smallest absolute Gasteiger partial charge is 0.339 e. The highest BCUT2D eigenvalue weighted by molar-refractivity contribution is 5.88. The molecule has 4 heteroatoms. The van der Waals surface area contributed by atoms with Crippen molar-refractivity contribution in [1.29, 1.82) is 0 Å². The van der Waals surface area contributed by atoms with Crippen molar-refractivity contribution in [3.63, 3.8) is 0 Å². The summed E-state index contributed by atoms with van der Waals surface area (Å²) in [6.07, 6.45) is 3.56. The number of aryl methyl sites for hydroxylation is 3. The molecule has 1 aliphatic carbocycles. The lowest BCUT2D eigenvalue weighted by Gasteiger charge is -2.07. The number of fused-ring (bicyclic) bond motifs is 1. The molecule has 0 amide bonds. The Hall–Kier alpha value is -2.23. The standard InChI is InChI=1S/C16H17NO3/c1-10-15(16(18)19)8-14(20-10)9-17-13-6-5-11-3-2-4-12(11)7-13/h5-8,17H,2-4,9H2,1H3,(H,18,19). The fourth-order valence-corrected chi connectivity index (χ4v) is 2.71. The fourth-order valence-electron chi connectivity index (χ4n) is 2.71. The molecule has 1 aromatic heterocycles. The van der Waals surface area contributed by atoms with Crippen LogP contribution >= 0.6 is 0 Å². The van der Waals surface area contributed by atoms with Crippen molar-refractivity contribution in [3.8, 4) is 0 Å². The van der Waals surface area contributed by atoms with E-state index in [9.17, 15) is 4.79 Å². The molecule has 0 spiro atoms. The molecule has 3 rings (SSSR count). The van der Waals surface area contributed by atoms with Crippen LogP contribution in [0.3, 0.4) is 0 Å². The van der Waals surface area contributed by atoms with Gasteiger partial charge in [0.15, 0.2) is 0 Å². The van der Waals surface area contributed by atoms with Crippen molar-refractivity contribution in [2.45, 2.75) is 32.7 Å². The maximum absolute atomic E-state index is 11.0. The third-order valence-corrected chi connectivity index (χ3v) is 3.76. The van der Waals surface area contributed by atoms with E-state index >= 15 is 0 Å². The van der Waals surface area contributed by atoms with Crippen LogP contribution in [-0.2, 0) is 19.4 Å². The van der Waals surface area contributed by atoms with Gasteiger partial charge in [0.2, 0.25) is 0 Å². The first-order chi connectivity index (χ1) is 9.63. The lowest BCUT2D eigenvalue weighted by molar-refractivity contribution is 0.0695. The van der Waals surface area contributed by atoms with Crippen molar-refractivity contribution >= 4 is 11.7 Å². The Bertz CT molecular complexity index is 658. The van der Waals surface area contributed by atoms with E-state index in [0.29, 0.717) is 18.1 Å². The molecule has 0 saturated carbocycles. The number of hydrogen-bond donors (Lipinski definition) is 2. The molecule has 2 N–H and O–H groups in total. The van der Waals surface area contributed by atoms with E-state index in [0.717, 1.165) is 12.1 Å². The number of carboxylic acids is 1. The van der Waals surface area contributed by atoms with Crippen molar-refractivity contribution in [1.82, 2.24) is 0 Å². The third kappa shape index (κ3) is 2.41. The number of carbonyl (C=O) groups is 1. The zero-order chi connectivity index (χ0) is 14.1. The lowest BCUT2D eigenvalue weighted by atomic mass is 10.1. The largest absolute Gasteiger partial charge is 0.478 e. The molecule has 1 heterocycles.